The number of ether oxygens (including phenoxy) is 2. The summed E-state index contributed by atoms with van der Waals surface area (Å²) >= 11 is 15.8. The molecule has 3 aromatic rings. The van der Waals surface area contributed by atoms with Crippen LogP contribution in [0.4, 0.5) is 0 Å². The van der Waals surface area contributed by atoms with Crippen LogP contribution in [0.5, 0.6) is 11.5 Å². The third-order valence-corrected chi connectivity index (χ3v) is 5.63. The van der Waals surface area contributed by atoms with Crippen molar-refractivity contribution in [1.82, 2.24) is 0 Å². The maximum Gasteiger partial charge on any atom is 0.175 e. The van der Waals surface area contributed by atoms with Crippen molar-refractivity contribution in [2.45, 2.75) is 20.5 Å². The van der Waals surface area contributed by atoms with Gasteiger partial charge in [0.2, 0.25) is 0 Å². The smallest absolute Gasteiger partial charge is 0.175 e. The van der Waals surface area contributed by atoms with Gasteiger partial charge in [-0.15, -0.1) is 0 Å². The topological polar surface area (TPSA) is 42.2 Å². The van der Waals surface area contributed by atoms with Crippen molar-refractivity contribution in [3.63, 3.8) is 0 Å². The van der Waals surface area contributed by atoms with Gasteiger partial charge in [-0.1, -0.05) is 59.1 Å². The van der Waals surface area contributed by atoms with Crippen molar-refractivity contribution in [2.24, 2.45) is 0 Å². The molecule has 3 nitrogen and oxygen atoms in total. The highest BCUT2D eigenvalue weighted by Crippen LogP contribution is 2.39. The second-order valence-electron chi connectivity index (χ2n) is 6.83. The van der Waals surface area contributed by atoms with Crippen LogP contribution in [0.3, 0.4) is 0 Å². The molecule has 0 radical (unpaired) electrons. The van der Waals surface area contributed by atoms with Gasteiger partial charge in [0, 0.05) is 10.6 Å². The van der Waals surface area contributed by atoms with Crippen molar-refractivity contribution in [3.05, 3.63) is 91.4 Å². The average molecular weight is 517 g/mol. The Balaban J connectivity index is 1.94. The molecule has 3 rings (SSSR count). The lowest BCUT2D eigenvalue weighted by Crippen LogP contribution is -2.01. The fourth-order valence-electron chi connectivity index (χ4n) is 2.96. The summed E-state index contributed by atoms with van der Waals surface area (Å²) < 4.78 is 12.6. The minimum absolute atomic E-state index is 0.415. The van der Waals surface area contributed by atoms with Crippen LogP contribution in [-0.4, -0.2) is 6.61 Å². The summed E-state index contributed by atoms with van der Waals surface area (Å²) in [7, 11) is 0. The lowest BCUT2D eigenvalue weighted by atomic mass is 10.0. The molecule has 0 amide bonds. The zero-order valence-electron chi connectivity index (χ0n) is 17.1. The van der Waals surface area contributed by atoms with Crippen LogP contribution in [0.2, 0.25) is 10.0 Å². The third-order valence-electron chi connectivity index (χ3n) is 4.49. The highest BCUT2D eigenvalue weighted by Gasteiger charge is 2.14. The summed E-state index contributed by atoms with van der Waals surface area (Å²) in [5.74, 6) is 1.21. The minimum Gasteiger partial charge on any atom is -0.490 e. The summed E-state index contributed by atoms with van der Waals surface area (Å²) in [4.78, 5) is 0. The van der Waals surface area contributed by atoms with E-state index in [1.807, 2.05) is 38.1 Å². The van der Waals surface area contributed by atoms with Crippen molar-refractivity contribution in [3.8, 4) is 17.6 Å². The molecule has 0 aromatic heterocycles. The lowest BCUT2D eigenvalue weighted by Gasteiger charge is -2.15. The first kappa shape index (κ1) is 23.2. The monoisotopic (exact) mass is 515 g/mol. The molecule has 31 heavy (non-hydrogen) atoms. The summed E-state index contributed by atoms with van der Waals surface area (Å²) in [6.45, 7) is 4.86. The van der Waals surface area contributed by atoms with Crippen molar-refractivity contribution in [1.29, 1.82) is 5.26 Å². The molecule has 6 heteroatoms. The van der Waals surface area contributed by atoms with Gasteiger partial charge in [-0.05, 0) is 71.2 Å². The number of benzene rings is 3. The molecular formula is C25H20BrCl2NO2. The lowest BCUT2D eigenvalue weighted by molar-refractivity contribution is 0.267. The highest BCUT2D eigenvalue weighted by molar-refractivity contribution is 9.10. The first-order chi connectivity index (χ1) is 14.9. The maximum atomic E-state index is 9.68. The van der Waals surface area contributed by atoms with Crippen LogP contribution in [-0.2, 0) is 6.61 Å². The molecule has 0 atom stereocenters. The Hall–Kier alpha value is -2.45. The fourth-order valence-corrected chi connectivity index (χ4v) is 4.04. The van der Waals surface area contributed by atoms with Crippen LogP contribution in [0.15, 0.2) is 59.1 Å². The van der Waals surface area contributed by atoms with E-state index in [9.17, 15) is 5.26 Å². The van der Waals surface area contributed by atoms with Crippen molar-refractivity contribution < 1.29 is 9.47 Å². The zero-order chi connectivity index (χ0) is 22.4. The molecule has 0 unspecified atom stereocenters. The van der Waals surface area contributed by atoms with E-state index in [1.54, 1.807) is 24.3 Å². The molecule has 0 fully saturated rings. The molecule has 0 saturated heterocycles. The highest BCUT2D eigenvalue weighted by atomic mass is 79.9. The Morgan fingerprint density at radius 3 is 2.45 bits per heavy atom. The van der Waals surface area contributed by atoms with Crippen molar-refractivity contribution in [2.75, 3.05) is 6.61 Å². The maximum absolute atomic E-state index is 9.68. The molecule has 0 N–H and O–H groups in total. The van der Waals surface area contributed by atoms with Gasteiger partial charge in [0.25, 0.3) is 0 Å². The van der Waals surface area contributed by atoms with Gasteiger partial charge >= 0.3 is 0 Å². The number of halogens is 3. The van der Waals surface area contributed by atoms with E-state index in [0.717, 1.165) is 15.6 Å². The standard InChI is InChI=1S/C25H20BrCl2NO2/c1-3-30-24-12-18(10-19(14-29)21-9-8-20(27)13-23(21)28)11-22(26)25(24)31-15-17-6-4-16(2)5-7-17/h4-13H,3,15H2,1-2H3/b19-10+. The van der Waals surface area contributed by atoms with E-state index in [2.05, 4.69) is 34.1 Å². The largest absolute Gasteiger partial charge is 0.490 e. The van der Waals surface area contributed by atoms with Gasteiger partial charge in [0.1, 0.15) is 6.61 Å². The number of nitriles is 1. The van der Waals surface area contributed by atoms with Crippen LogP contribution >= 0.6 is 39.1 Å². The van der Waals surface area contributed by atoms with Crippen molar-refractivity contribution >= 4 is 50.8 Å². The molecule has 0 heterocycles. The second kappa shape index (κ2) is 10.7. The Bertz CT molecular complexity index is 1150. The minimum atomic E-state index is 0.415. The summed E-state index contributed by atoms with van der Waals surface area (Å²) in [6.07, 6.45) is 1.76. The van der Waals surface area contributed by atoms with E-state index in [1.165, 1.54) is 5.56 Å². The van der Waals surface area contributed by atoms with E-state index in [0.29, 0.717) is 45.9 Å². The van der Waals surface area contributed by atoms with Crippen LogP contribution in [0.25, 0.3) is 11.6 Å². The molecule has 0 aliphatic rings. The van der Waals surface area contributed by atoms with Crippen LogP contribution in [0, 0.1) is 18.3 Å². The van der Waals surface area contributed by atoms with Crippen LogP contribution < -0.4 is 9.47 Å². The number of hydrogen-bond acceptors (Lipinski definition) is 3. The normalized spacial score (nSPS) is 11.2. The van der Waals surface area contributed by atoms with E-state index >= 15 is 0 Å². The van der Waals surface area contributed by atoms with E-state index in [4.69, 9.17) is 32.7 Å². The summed E-state index contributed by atoms with van der Waals surface area (Å²) in [6, 6.07) is 19.2. The van der Waals surface area contributed by atoms with Gasteiger partial charge in [-0.25, -0.2) is 0 Å². The first-order valence-corrected chi connectivity index (χ1v) is 11.2. The van der Waals surface area contributed by atoms with E-state index in [-0.39, 0.29) is 0 Å². The Morgan fingerprint density at radius 1 is 1.06 bits per heavy atom. The number of hydrogen-bond donors (Lipinski definition) is 0. The number of aryl methyl sites for hydroxylation is 1. The van der Waals surface area contributed by atoms with Gasteiger partial charge in [-0.3, -0.25) is 0 Å². The SMILES string of the molecule is CCOc1cc(/C=C(\C#N)c2ccc(Cl)cc2Cl)cc(Br)c1OCc1ccc(C)cc1. The van der Waals surface area contributed by atoms with Gasteiger partial charge in [0.05, 0.1) is 27.7 Å². The molecule has 0 saturated carbocycles. The summed E-state index contributed by atoms with van der Waals surface area (Å²) in [5, 5.41) is 10.6. The van der Waals surface area contributed by atoms with Crippen LogP contribution in [0.1, 0.15) is 29.2 Å². The first-order valence-electron chi connectivity index (χ1n) is 9.63. The Labute approximate surface area is 201 Å². The average Bonchev–Trinajstić information content (AvgIpc) is 2.73. The van der Waals surface area contributed by atoms with Gasteiger partial charge < -0.3 is 9.47 Å². The van der Waals surface area contributed by atoms with Gasteiger partial charge in [-0.2, -0.15) is 5.26 Å². The number of rotatable bonds is 7. The quantitative estimate of drug-likeness (QED) is 0.235. The predicted molar refractivity (Wildman–Crippen MR) is 131 cm³/mol. The molecule has 0 spiro atoms. The predicted octanol–water partition coefficient (Wildman–Crippen LogP) is 8.11. The third kappa shape index (κ3) is 6.04. The van der Waals surface area contributed by atoms with Gasteiger partial charge in [0.15, 0.2) is 11.5 Å². The molecule has 3 aromatic carbocycles. The molecule has 0 aliphatic carbocycles. The number of allylic oxidation sites excluding steroid dienone is 1. The Kier molecular flexibility index (Phi) is 8.03. The second-order valence-corrected chi connectivity index (χ2v) is 8.53. The summed E-state index contributed by atoms with van der Waals surface area (Å²) in [5.41, 5.74) is 4.07. The Morgan fingerprint density at radius 2 is 1.81 bits per heavy atom. The molecule has 158 valence electrons. The fraction of sp³-hybridized carbons (Fsp3) is 0.160. The number of nitrogens with zero attached hydrogens (tertiary/aromatic N) is 1. The molecular weight excluding hydrogens is 497 g/mol. The molecule has 0 bridgehead atoms. The molecule has 0 aliphatic heterocycles. The van der Waals surface area contributed by atoms with E-state index < -0.39 is 0 Å². The zero-order valence-corrected chi connectivity index (χ0v) is 20.2.